The van der Waals surface area contributed by atoms with Crippen LogP contribution in [0.25, 0.3) is 10.2 Å². The number of methoxy groups -OCH3 is 1. The topological polar surface area (TPSA) is 75.3 Å². The van der Waals surface area contributed by atoms with E-state index in [1.54, 1.807) is 11.3 Å². The van der Waals surface area contributed by atoms with E-state index < -0.39 is 0 Å². The maximum absolute atomic E-state index is 12.3. The zero-order chi connectivity index (χ0) is 16.6. The number of thiophene rings is 1. The fraction of sp³-hybridized carbons (Fsp3) is 0.562. The fourth-order valence-corrected chi connectivity index (χ4v) is 4.13. The van der Waals surface area contributed by atoms with Gasteiger partial charge in [-0.05, 0) is 45.3 Å². The Balaban J connectivity index is 1.73. The van der Waals surface area contributed by atoms with Gasteiger partial charge in [-0.1, -0.05) is 0 Å². The second kappa shape index (κ2) is 6.41. The number of aromatic nitrogens is 2. The number of piperidine rings is 1. The van der Waals surface area contributed by atoms with Crippen molar-refractivity contribution in [3.05, 3.63) is 26.6 Å². The minimum atomic E-state index is -0.123. The first kappa shape index (κ1) is 16.1. The van der Waals surface area contributed by atoms with E-state index in [2.05, 4.69) is 14.9 Å². The highest BCUT2D eigenvalue weighted by Gasteiger charge is 2.26. The maximum Gasteiger partial charge on any atom is 0.308 e. The molecule has 1 aliphatic rings. The van der Waals surface area contributed by atoms with Crippen LogP contribution in [0.2, 0.25) is 0 Å². The lowest BCUT2D eigenvalue weighted by Crippen LogP contribution is -2.37. The van der Waals surface area contributed by atoms with Crippen molar-refractivity contribution < 1.29 is 9.53 Å². The number of aryl methyl sites for hydroxylation is 2. The number of rotatable bonds is 3. The summed E-state index contributed by atoms with van der Waals surface area (Å²) >= 11 is 1.57. The first-order valence-corrected chi connectivity index (χ1v) is 8.60. The van der Waals surface area contributed by atoms with Gasteiger partial charge in [0.25, 0.3) is 5.56 Å². The van der Waals surface area contributed by atoms with Gasteiger partial charge >= 0.3 is 5.97 Å². The summed E-state index contributed by atoms with van der Waals surface area (Å²) in [4.78, 5) is 35.5. The third-order valence-electron chi connectivity index (χ3n) is 4.58. The number of likely N-dealkylation sites (tertiary alicyclic amines) is 1. The van der Waals surface area contributed by atoms with Crippen molar-refractivity contribution in [2.75, 3.05) is 20.2 Å². The van der Waals surface area contributed by atoms with Crippen molar-refractivity contribution >= 4 is 27.5 Å². The van der Waals surface area contributed by atoms with E-state index in [1.165, 1.54) is 7.11 Å². The molecule has 2 aromatic heterocycles. The van der Waals surface area contributed by atoms with E-state index in [1.807, 2.05) is 13.8 Å². The number of H-pyrrole nitrogens is 1. The number of carbonyl (C=O) groups is 1. The van der Waals surface area contributed by atoms with Crippen molar-refractivity contribution in [2.45, 2.75) is 33.2 Å². The summed E-state index contributed by atoms with van der Waals surface area (Å²) in [5.74, 6) is 0.565. The van der Waals surface area contributed by atoms with Crippen LogP contribution in [-0.4, -0.2) is 41.0 Å². The smallest absolute Gasteiger partial charge is 0.308 e. The Morgan fingerprint density at radius 1 is 1.39 bits per heavy atom. The zero-order valence-electron chi connectivity index (χ0n) is 13.6. The Bertz CT molecular complexity index is 788. The van der Waals surface area contributed by atoms with E-state index in [4.69, 9.17) is 4.74 Å². The largest absolute Gasteiger partial charge is 0.469 e. The van der Waals surface area contributed by atoms with Gasteiger partial charge in [0.05, 0.1) is 25.0 Å². The van der Waals surface area contributed by atoms with Crippen molar-refractivity contribution in [3.8, 4) is 0 Å². The van der Waals surface area contributed by atoms with Gasteiger partial charge < -0.3 is 9.72 Å². The second-order valence-corrected chi connectivity index (χ2v) is 7.25. The molecule has 3 rings (SSSR count). The van der Waals surface area contributed by atoms with Crippen LogP contribution >= 0.6 is 11.3 Å². The van der Waals surface area contributed by atoms with E-state index in [0.717, 1.165) is 41.2 Å². The highest BCUT2D eigenvalue weighted by atomic mass is 32.1. The third-order valence-corrected chi connectivity index (χ3v) is 5.68. The lowest BCUT2D eigenvalue weighted by atomic mass is 9.97. The molecule has 124 valence electrons. The summed E-state index contributed by atoms with van der Waals surface area (Å²) in [7, 11) is 1.43. The molecule has 1 N–H and O–H groups in total. The SMILES string of the molecule is COC(=O)C1CCN(Cc2nc3sc(C)c(C)c3c(=O)[nH]2)CC1. The van der Waals surface area contributed by atoms with Crippen LogP contribution in [0.5, 0.6) is 0 Å². The monoisotopic (exact) mass is 335 g/mol. The Kier molecular flexibility index (Phi) is 4.50. The van der Waals surface area contributed by atoms with Crippen LogP contribution < -0.4 is 5.56 Å². The zero-order valence-corrected chi connectivity index (χ0v) is 14.5. The van der Waals surface area contributed by atoms with Crippen LogP contribution in [0.15, 0.2) is 4.79 Å². The van der Waals surface area contributed by atoms with Gasteiger partial charge in [-0.15, -0.1) is 11.3 Å². The number of fused-ring (bicyclic) bond motifs is 1. The van der Waals surface area contributed by atoms with E-state index in [0.29, 0.717) is 17.8 Å². The molecule has 0 saturated carbocycles. The molecule has 1 fully saturated rings. The van der Waals surface area contributed by atoms with Crippen LogP contribution in [-0.2, 0) is 16.1 Å². The summed E-state index contributed by atoms with van der Waals surface area (Å²) in [6.45, 7) is 6.20. The molecule has 7 heteroatoms. The van der Waals surface area contributed by atoms with E-state index >= 15 is 0 Å². The Labute approximate surface area is 138 Å². The van der Waals surface area contributed by atoms with Crippen molar-refractivity contribution in [2.24, 2.45) is 5.92 Å². The fourth-order valence-electron chi connectivity index (χ4n) is 3.08. The van der Waals surface area contributed by atoms with Gasteiger partial charge in [0.2, 0.25) is 0 Å². The molecule has 1 aliphatic heterocycles. The summed E-state index contributed by atoms with van der Waals surface area (Å²) < 4.78 is 4.80. The van der Waals surface area contributed by atoms with E-state index in [9.17, 15) is 9.59 Å². The Morgan fingerprint density at radius 2 is 2.09 bits per heavy atom. The lowest BCUT2D eigenvalue weighted by molar-refractivity contribution is -0.147. The number of aromatic amines is 1. The molecule has 0 bridgehead atoms. The van der Waals surface area contributed by atoms with Gasteiger partial charge in [0.15, 0.2) is 0 Å². The summed E-state index contributed by atoms with van der Waals surface area (Å²) in [6.07, 6.45) is 1.58. The predicted octanol–water partition coefficient (Wildman–Crippen LogP) is 1.99. The molecule has 0 spiro atoms. The normalized spacial score (nSPS) is 16.8. The number of nitrogens with zero attached hydrogens (tertiary/aromatic N) is 2. The molecule has 23 heavy (non-hydrogen) atoms. The molecule has 2 aromatic rings. The molecule has 0 radical (unpaired) electrons. The quantitative estimate of drug-likeness (QED) is 0.868. The number of hydrogen-bond donors (Lipinski definition) is 1. The van der Waals surface area contributed by atoms with E-state index in [-0.39, 0.29) is 17.4 Å². The molecule has 1 saturated heterocycles. The predicted molar refractivity (Wildman–Crippen MR) is 89.7 cm³/mol. The minimum absolute atomic E-state index is 0.00617. The van der Waals surface area contributed by atoms with Crippen molar-refractivity contribution in [1.29, 1.82) is 0 Å². The Hall–Kier alpha value is -1.73. The highest BCUT2D eigenvalue weighted by molar-refractivity contribution is 7.18. The molecular formula is C16H21N3O3S. The highest BCUT2D eigenvalue weighted by Crippen LogP contribution is 2.26. The number of ether oxygens (including phenoxy) is 1. The summed E-state index contributed by atoms with van der Waals surface area (Å²) in [5.41, 5.74) is 0.959. The second-order valence-electron chi connectivity index (χ2n) is 6.05. The standard InChI is InChI=1S/C16H21N3O3S/c1-9-10(2)23-15-13(9)14(20)17-12(18-15)8-19-6-4-11(5-7-19)16(21)22-3/h11H,4-8H2,1-3H3,(H,17,18,20). The van der Waals surface area contributed by atoms with Crippen molar-refractivity contribution in [1.82, 2.24) is 14.9 Å². The number of hydrogen-bond acceptors (Lipinski definition) is 6. The molecule has 3 heterocycles. The minimum Gasteiger partial charge on any atom is -0.469 e. The third kappa shape index (κ3) is 3.16. The average molecular weight is 335 g/mol. The molecule has 6 nitrogen and oxygen atoms in total. The summed E-state index contributed by atoms with van der Waals surface area (Å²) in [6, 6.07) is 0. The van der Waals surface area contributed by atoms with Gasteiger partial charge in [0, 0.05) is 4.88 Å². The van der Waals surface area contributed by atoms with Gasteiger partial charge in [-0.25, -0.2) is 4.98 Å². The molecule has 0 aliphatic carbocycles. The molecular weight excluding hydrogens is 314 g/mol. The number of esters is 1. The van der Waals surface area contributed by atoms with Gasteiger partial charge in [-0.3, -0.25) is 14.5 Å². The van der Waals surface area contributed by atoms with Crippen LogP contribution in [0.4, 0.5) is 0 Å². The van der Waals surface area contributed by atoms with Crippen molar-refractivity contribution in [3.63, 3.8) is 0 Å². The molecule has 0 amide bonds. The van der Waals surface area contributed by atoms with Crippen LogP contribution in [0.1, 0.15) is 29.1 Å². The maximum atomic E-state index is 12.3. The molecule has 0 unspecified atom stereocenters. The summed E-state index contributed by atoms with van der Waals surface area (Å²) in [5, 5.41) is 0.709. The number of nitrogens with one attached hydrogen (secondary N) is 1. The average Bonchev–Trinajstić information content (AvgIpc) is 2.82. The van der Waals surface area contributed by atoms with Crippen LogP contribution in [0, 0.1) is 19.8 Å². The van der Waals surface area contributed by atoms with Gasteiger partial charge in [-0.2, -0.15) is 0 Å². The van der Waals surface area contributed by atoms with Gasteiger partial charge in [0.1, 0.15) is 10.7 Å². The Morgan fingerprint density at radius 3 is 2.74 bits per heavy atom. The number of carbonyl (C=O) groups excluding carboxylic acids is 1. The molecule has 0 atom stereocenters. The van der Waals surface area contributed by atoms with Crippen LogP contribution in [0.3, 0.4) is 0 Å². The first-order valence-electron chi connectivity index (χ1n) is 7.78. The first-order chi connectivity index (χ1) is 11.0. The molecule has 0 aromatic carbocycles. The lowest BCUT2D eigenvalue weighted by Gasteiger charge is -2.30.